The Morgan fingerprint density at radius 3 is 2.29 bits per heavy atom. The zero-order valence-corrected chi connectivity index (χ0v) is 12.8. The average molecular weight is 299 g/mol. The Bertz CT molecular complexity index is 656. The van der Waals surface area contributed by atoms with Crippen molar-refractivity contribution in [2.45, 2.75) is 13.8 Å². The molecule has 0 unspecified atom stereocenters. The number of carbonyl (C=O) groups excluding carboxylic acids is 1. The number of hydrogen-bond donors (Lipinski definition) is 3. The molecule has 4 nitrogen and oxygen atoms in total. The van der Waals surface area contributed by atoms with Crippen molar-refractivity contribution in [3.05, 3.63) is 54.1 Å². The Morgan fingerprint density at radius 1 is 0.952 bits per heavy atom. The van der Waals surface area contributed by atoms with Gasteiger partial charge in [-0.1, -0.05) is 24.3 Å². The second-order valence-electron chi connectivity index (χ2n) is 4.66. The van der Waals surface area contributed by atoms with Crippen LogP contribution in [0.3, 0.4) is 0 Å². The molecule has 21 heavy (non-hydrogen) atoms. The maximum absolute atomic E-state index is 11.2. The Kier molecular flexibility index (Phi) is 4.90. The van der Waals surface area contributed by atoms with Gasteiger partial charge in [0.2, 0.25) is 5.91 Å². The minimum absolute atomic E-state index is 0.0970. The maximum atomic E-state index is 11.2. The molecule has 0 saturated heterocycles. The van der Waals surface area contributed by atoms with Gasteiger partial charge in [-0.25, -0.2) is 0 Å². The average Bonchev–Trinajstić information content (AvgIpc) is 2.43. The normalized spacial score (nSPS) is 9.81. The van der Waals surface area contributed by atoms with Gasteiger partial charge in [-0.3, -0.25) is 4.79 Å². The van der Waals surface area contributed by atoms with Gasteiger partial charge >= 0.3 is 0 Å². The molecule has 0 aromatic heterocycles. The highest BCUT2D eigenvalue weighted by atomic mass is 32.1. The van der Waals surface area contributed by atoms with Crippen LogP contribution in [0.4, 0.5) is 17.1 Å². The van der Waals surface area contributed by atoms with E-state index < -0.39 is 0 Å². The monoisotopic (exact) mass is 299 g/mol. The van der Waals surface area contributed by atoms with Crippen LogP contribution in [0.5, 0.6) is 0 Å². The second-order valence-corrected chi connectivity index (χ2v) is 5.06. The molecule has 2 aromatic rings. The molecule has 0 aliphatic rings. The number of para-hydroxylation sites is 1. The van der Waals surface area contributed by atoms with Crippen LogP contribution in [0.1, 0.15) is 12.5 Å². The molecule has 5 heteroatoms. The van der Waals surface area contributed by atoms with Crippen LogP contribution in [0.25, 0.3) is 0 Å². The maximum Gasteiger partial charge on any atom is 0.221 e. The molecule has 0 atom stereocenters. The lowest BCUT2D eigenvalue weighted by atomic mass is 10.2. The summed E-state index contributed by atoms with van der Waals surface area (Å²) in [7, 11) is 0. The van der Waals surface area contributed by atoms with E-state index in [4.69, 9.17) is 12.2 Å². The summed E-state index contributed by atoms with van der Waals surface area (Å²) < 4.78 is 0. The van der Waals surface area contributed by atoms with Crippen LogP contribution in [0.2, 0.25) is 0 Å². The minimum atomic E-state index is -0.0970. The lowest BCUT2D eigenvalue weighted by Gasteiger charge is -2.13. The summed E-state index contributed by atoms with van der Waals surface area (Å²) >= 11 is 5.27. The van der Waals surface area contributed by atoms with Crippen molar-refractivity contribution in [3.8, 4) is 0 Å². The zero-order chi connectivity index (χ0) is 15.2. The van der Waals surface area contributed by atoms with Crippen molar-refractivity contribution in [2.24, 2.45) is 0 Å². The van der Waals surface area contributed by atoms with Crippen LogP contribution >= 0.6 is 12.2 Å². The van der Waals surface area contributed by atoms with Gasteiger partial charge in [-0.2, -0.15) is 0 Å². The second kappa shape index (κ2) is 6.85. The highest BCUT2D eigenvalue weighted by molar-refractivity contribution is 7.80. The van der Waals surface area contributed by atoms with E-state index in [-0.39, 0.29) is 5.91 Å². The van der Waals surface area contributed by atoms with E-state index in [1.165, 1.54) is 6.92 Å². The van der Waals surface area contributed by atoms with E-state index >= 15 is 0 Å². The summed E-state index contributed by atoms with van der Waals surface area (Å²) in [6.45, 7) is 3.43. The van der Waals surface area contributed by atoms with E-state index in [0.29, 0.717) is 5.11 Å². The zero-order valence-electron chi connectivity index (χ0n) is 11.9. The molecule has 0 aliphatic carbocycles. The van der Waals surface area contributed by atoms with Gasteiger partial charge in [-0.05, 0) is 49.0 Å². The minimum Gasteiger partial charge on any atom is -0.332 e. The van der Waals surface area contributed by atoms with Crippen molar-refractivity contribution in [3.63, 3.8) is 0 Å². The number of anilines is 3. The molecule has 0 radical (unpaired) electrons. The third-order valence-electron chi connectivity index (χ3n) is 2.84. The van der Waals surface area contributed by atoms with E-state index in [9.17, 15) is 4.79 Å². The molecule has 3 N–H and O–H groups in total. The molecule has 1 amide bonds. The van der Waals surface area contributed by atoms with Gasteiger partial charge in [0, 0.05) is 24.0 Å². The topological polar surface area (TPSA) is 53.2 Å². The molecule has 0 bridgehead atoms. The number of thiocarbonyl (C=S) groups is 1. The lowest BCUT2D eigenvalue weighted by Crippen LogP contribution is -2.19. The number of amides is 1. The predicted octanol–water partition coefficient (Wildman–Crippen LogP) is 3.76. The predicted molar refractivity (Wildman–Crippen MR) is 91.8 cm³/mol. The highest BCUT2D eigenvalue weighted by Gasteiger charge is 2.04. The Labute approximate surface area is 129 Å². The molecule has 0 spiro atoms. The fourth-order valence-corrected chi connectivity index (χ4v) is 2.07. The molecule has 108 valence electrons. The first-order chi connectivity index (χ1) is 10.0. The largest absolute Gasteiger partial charge is 0.332 e. The smallest absolute Gasteiger partial charge is 0.221 e. The van der Waals surface area contributed by atoms with E-state index in [1.807, 2.05) is 55.5 Å². The molecule has 0 aliphatic heterocycles. The van der Waals surface area contributed by atoms with Crippen LogP contribution in [-0.2, 0) is 4.79 Å². The lowest BCUT2D eigenvalue weighted by molar-refractivity contribution is -0.114. The summed E-state index contributed by atoms with van der Waals surface area (Å²) in [4.78, 5) is 11.2. The molecule has 2 rings (SSSR count). The summed E-state index contributed by atoms with van der Waals surface area (Å²) in [6.07, 6.45) is 0. The van der Waals surface area contributed by atoms with Gasteiger partial charge in [0.25, 0.3) is 0 Å². The van der Waals surface area contributed by atoms with Crippen LogP contribution in [-0.4, -0.2) is 11.0 Å². The Hall–Kier alpha value is -2.40. The van der Waals surface area contributed by atoms with E-state index in [0.717, 1.165) is 22.6 Å². The molecule has 0 saturated carbocycles. The number of aryl methyl sites for hydroxylation is 1. The third kappa shape index (κ3) is 4.57. The van der Waals surface area contributed by atoms with Gasteiger partial charge in [0.05, 0.1) is 0 Å². The van der Waals surface area contributed by atoms with Crippen molar-refractivity contribution in [1.29, 1.82) is 0 Å². The van der Waals surface area contributed by atoms with Crippen LogP contribution in [0.15, 0.2) is 48.5 Å². The van der Waals surface area contributed by atoms with Crippen molar-refractivity contribution in [2.75, 3.05) is 16.0 Å². The van der Waals surface area contributed by atoms with Gasteiger partial charge in [0.15, 0.2) is 5.11 Å². The molecule has 0 heterocycles. The Morgan fingerprint density at radius 2 is 1.62 bits per heavy atom. The van der Waals surface area contributed by atoms with Crippen molar-refractivity contribution < 1.29 is 4.79 Å². The van der Waals surface area contributed by atoms with Gasteiger partial charge in [-0.15, -0.1) is 0 Å². The van der Waals surface area contributed by atoms with Gasteiger partial charge < -0.3 is 16.0 Å². The van der Waals surface area contributed by atoms with Crippen molar-refractivity contribution in [1.82, 2.24) is 0 Å². The number of benzene rings is 2. The Balaban J connectivity index is 2.05. The summed E-state index contributed by atoms with van der Waals surface area (Å²) in [5, 5.41) is 9.49. The number of rotatable bonds is 3. The SMILES string of the molecule is CC(=O)Nc1cc(NC(=S)Nc2ccccc2)ccc1C. The first-order valence-electron chi connectivity index (χ1n) is 6.56. The molecular formula is C16H17N3OS. The first-order valence-corrected chi connectivity index (χ1v) is 6.97. The van der Waals surface area contributed by atoms with E-state index in [1.54, 1.807) is 0 Å². The number of hydrogen-bond acceptors (Lipinski definition) is 2. The molecular weight excluding hydrogens is 282 g/mol. The van der Waals surface area contributed by atoms with Gasteiger partial charge in [0.1, 0.15) is 0 Å². The first kappa shape index (κ1) is 15.0. The third-order valence-corrected chi connectivity index (χ3v) is 3.04. The van der Waals surface area contributed by atoms with Crippen LogP contribution in [0, 0.1) is 6.92 Å². The summed E-state index contributed by atoms with van der Waals surface area (Å²) in [5.41, 5.74) is 3.51. The molecule has 0 fully saturated rings. The van der Waals surface area contributed by atoms with Crippen molar-refractivity contribution >= 4 is 40.3 Å². The quantitative estimate of drug-likeness (QED) is 0.755. The molecule has 2 aromatic carbocycles. The van der Waals surface area contributed by atoms with Crippen LogP contribution < -0.4 is 16.0 Å². The standard InChI is InChI=1S/C16H17N3OS/c1-11-8-9-14(10-15(11)17-12(2)20)19-16(21)18-13-6-4-3-5-7-13/h3-10H,1-2H3,(H,17,20)(H2,18,19,21). The summed E-state index contributed by atoms with van der Waals surface area (Å²) in [6, 6.07) is 15.4. The van der Waals surface area contributed by atoms with E-state index in [2.05, 4.69) is 16.0 Å². The number of nitrogens with one attached hydrogen (secondary N) is 3. The fourth-order valence-electron chi connectivity index (χ4n) is 1.84. The highest BCUT2D eigenvalue weighted by Crippen LogP contribution is 2.20. The number of carbonyl (C=O) groups is 1. The summed E-state index contributed by atoms with van der Waals surface area (Å²) in [5.74, 6) is -0.0970. The fraction of sp³-hybridized carbons (Fsp3) is 0.125.